The van der Waals surface area contributed by atoms with Crippen molar-refractivity contribution in [1.29, 1.82) is 0 Å². The lowest BCUT2D eigenvalue weighted by Crippen LogP contribution is -2.24. The summed E-state index contributed by atoms with van der Waals surface area (Å²) in [7, 11) is -2.53. The van der Waals surface area contributed by atoms with Gasteiger partial charge in [-0.15, -0.1) is 5.10 Å². The Balaban J connectivity index is 1.18. The molecule has 19 nitrogen and oxygen atoms in total. The number of anilines is 1. The Morgan fingerprint density at radius 2 is 1.65 bits per heavy atom. The molecule has 2 atom stereocenters. The van der Waals surface area contributed by atoms with Crippen molar-refractivity contribution in [2.45, 2.75) is 44.9 Å². The van der Waals surface area contributed by atoms with Gasteiger partial charge in [0.25, 0.3) is 12.9 Å². The minimum atomic E-state index is -4.51. The maximum Gasteiger partial charge on any atom is 0.472 e. The van der Waals surface area contributed by atoms with Crippen molar-refractivity contribution in [2.75, 3.05) is 58.1 Å². The third-order valence-corrected chi connectivity index (χ3v) is 8.19. The van der Waals surface area contributed by atoms with Crippen LogP contribution < -0.4 is 10.5 Å². The summed E-state index contributed by atoms with van der Waals surface area (Å²) < 4.78 is 47.7. The number of hydrogen-bond acceptors (Lipinski definition) is 16. The zero-order chi connectivity index (χ0) is 39.0. The van der Waals surface area contributed by atoms with Crippen LogP contribution in [0.1, 0.15) is 42.5 Å². The van der Waals surface area contributed by atoms with E-state index in [0.29, 0.717) is 25.2 Å². The number of nitrogens with one attached hydrogen (secondary N) is 1. The van der Waals surface area contributed by atoms with Crippen LogP contribution in [0.5, 0.6) is 0 Å². The Bertz CT molecular complexity index is 1710. The Morgan fingerprint density at radius 3 is 2.37 bits per heavy atom. The average molecular weight is 778 g/mol. The summed E-state index contributed by atoms with van der Waals surface area (Å²) in [6, 6.07) is 11.3. The van der Waals surface area contributed by atoms with Gasteiger partial charge in [0.05, 0.1) is 32.6 Å². The molecular weight excluding hydrogens is 733 g/mol. The van der Waals surface area contributed by atoms with Crippen LogP contribution in [0.15, 0.2) is 53.6 Å². The maximum atomic E-state index is 12.1. The number of phosphoric ester groups is 1. The zero-order valence-corrected chi connectivity index (χ0v) is 30.6. The van der Waals surface area contributed by atoms with Gasteiger partial charge in [0.2, 0.25) is 5.56 Å². The van der Waals surface area contributed by atoms with E-state index in [-0.39, 0.29) is 77.4 Å². The average Bonchev–Trinajstić information content (AvgIpc) is 3.63. The minimum Gasteiger partial charge on any atom is -0.464 e. The van der Waals surface area contributed by atoms with E-state index in [4.69, 9.17) is 18.7 Å². The number of nitrogens with zero attached hydrogens (tertiary/aromatic N) is 4. The van der Waals surface area contributed by atoms with Gasteiger partial charge in [-0.2, -0.15) is 0 Å². The van der Waals surface area contributed by atoms with E-state index < -0.39 is 32.5 Å². The highest BCUT2D eigenvalue weighted by Gasteiger charge is 2.24. The first kappa shape index (κ1) is 43.2. The normalized spacial score (nSPS) is 12.8. The number of carbonyl (C=O) groups is 4. The molecule has 294 valence electrons. The highest BCUT2D eigenvalue weighted by Crippen LogP contribution is 2.43. The van der Waals surface area contributed by atoms with Gasteiger partial charge in [-0.05, 0) is 42.2 Å². The predicted molar refractivity (Wildman–Crippen MR) is 190 cm³/mol. The molecule has 2 N–H and O–H groups in total. The second kappa shape index (κ2) is 24.2. The lowest BCUT2D eigenvalue weighted by molar-refractivity contribution is -0.145. The molecule has 0 saturated heterocycles. The summed E-state index contributed by atoms with van der Waals surface area (Å²) >= 11 is 0. The van der Waals surface area contributed by atoms with Crippen LogP contribution >= 0.6 is 7.82 Å². The number of phosphoric acid groups is 1. The van der Waals surface area contributed by atoms with Crippen molar-refractivity contribution >= 4 is 50.5 Å². The van der Waals surface area contributed by atoms with Crippen LogP contribution in [-0.4, -0.2) is 109 Å². The standard InChI is InChI=1S/C34H44N5O14P/c1-38(30-11-8-27(9-12-30)6-7-28-10-13-32(42)35-20-28)14-15-39-21-29(36-37-39)22-50-34(44)4-2-16-47-18-19-49-33(43)5-3-17-52-54(45,46)53-24-31(51-26-41)23-48-25-40/h6-13,20-21,25-26,31H,2-5,14-19,22-24H2,1H3,(H,35,42)(H,45,46)/b7-6+. The first-order valence-corrected chi connectivity index (χ1v) is 18.3. The van der Waals surface area contributed by atoms with E-state index in [1.54, 1.807) is 23.1 Å². The van der Waals surface area contributed by atoms with Crippen LogP contribution in [0.2, 0.25) is 0 Å². The van der Waals surface area contributed by atoms with Gasteiger partial charge in [0, 0.05) is 51.0 Å². The third kappa shape index (κ3) is 18.0. The summed E-state index contributed by atoms with van der Waals surface area (Å²) in [4.78, 5) is 70.2. The molecule has 0 bridgehead atoms. The molecule has 0 radical (unpaired) electrons. The molecule has 1 aromatic carbocycles. The van der Waals surface area contributed by atoms with Gasteiger partial charge in [-0.25, -0.2) is 4.57 Å². The monoisotopic (exact) mass is 777 g/mol. The SMILES string of the molecule is CN(CCn1cc(COC(=O)CCCOCCOC(=O)CCCOP(=O)(O)OCC(COC=O)OC=O)nn1)c1ccc(/C=C/c2ccc(=O)[nH]c2)cc1. The topological polar surface area (TPSA) is 237 Å². The molecular formula is C34H44N5O14P. The molecule has 0 saturated carbocycles. The first-order chi connectivity index (χ1) is 26.1. The highest BCUT2D eigenvalue weighted by atomic mass is 31.2. The fourth-order valence-corrected chi connectivity index (χ4v) is 5.14. The van der Waals surface area contributed by atoms with Crippen LogP contribution in [0.4, 0.5) is 5.69 Å². The van der Waals surface area contributed by atoms with E-state index >= 15 is 0 Å². The molecule has 0 fully saturated rings. The summed E-state index contributed by atoms with van der Waals surface area (Å²) in [6.45, 7) is 0.497. The predicted octanol–water partition coefficient (Wildman–Crippen LogP) is 2.28. The van der Waals surface area contributed by atoms with Gasteiger partial charge in [0.1, 0.15) is 25.5 Å². The maximum absolute atomic E-state index is 12.1. The fourth-order valence-electron chi connectivity index (χ4n) is 4.35. The van der Waals surface area contributed by atoms with E-state index in [9.17, 15) is 33.4 Å². The smallest absolute Gasteiger partial charge is 0.464 e. The van der Waals surface area contributed by atoms with E-state index in [0.717, 1.165) is 16.8 Å². The number of carbonyl (C=O) groups excluding carboxylic acids is 4. The van der Waals surface area contributed by atoms with Crippen molar-refractivity contribution in [1.82, 2.24) is 20.0 Å². The minimum absolute atomic E-state index is 0.0117. The van der Waals surface area contributed by atoms with Crippen molar-refractivity contribution in [2.24, 2.45) is 0 Å². The lowest BCUT2D eigenvalue weighted by Gasteiger charge is -2.19. The molecule has 3 aromatic rings. The number of pyridine rings is 1. The molecule has 2 unspecified atom stereocenters. The second-order valence-corrected chi connectivity index (χ2v) is 12.8. The lowest BCUT2D eigenvalue weighted by atomic mass is 10.1. The molecule has 0 aliphatic carbocycles. The molecule has 0 spiro atoms. The van der Waals surface area contributed by atoms with Crippen LogP contribution in [0, 0.1) is 0 Å². The molecule has 0 aliphatic rings. The molecule has 3 rings (SSSR count). The highest BCUT2D eigenvalue weighted by molar-refractivity contribution is 7.47. The van der Waals surface area contributed by atoms with Gasteiger partial charge >= 0.3 is 19.8 Å². The number of ether oxygens (including phenoxy) is 5. The molecule has 0 aliphatic heterocycles. The number of benzene rings is 1. The number of hydrogen-bond donors (Lipinski definition) is 2. The second-order valence-electron chi connectivity index (χ2n) is 11.4. The van der Waals surface area contributed by atoms with Gasteiger partial charge in [-0.3, -0.25) is 37.7 Å². The van der Waals surface area contributed by atoms with Crippen LogP contribution in [0.3, 0.4) is 0 Å². The summed E-state index contributed by atoms with van der Waals surface area (Å²) in [5, 5.41) is 8.18. The summed E-state index contributed by atoms with van der Waals surface area (Å²) in [6.07, 6.45) is 6.65. The number of aromatic amines is 1. The number of H-pyrrole nitrogens is 1. The number of aromatic nitrogens is 4. The molecule has 2 aromatic heterocycles. The molecule has 54 heavy (non-hydrogen) atoms. The van der Waals surface area contributed by atoms with Gasteiger partial charge < -0.3 is 38.5 Å². The summed E-state index contributed by atoms with van der Waals surface area (Å²) in [5.74, 6) is -0.994. The molecule has 2 heterocycles. The van der Waals surface area contributed by atoms with Crippen molar-refractivity contribution in [3.8, 4) is 0 Å². The van der Waals surface area contributed by atoms with Crippen molar-refractivity contribution in [3.05, 3.63) is 76.0 Å². The number of rotatable bonds is 28. The van der Waals surface area contributed by atoms with E-state index in [2.05, 4.69) is 34.2 Å². The Kier molecular flexibility index (Phi) is 19.3. The molecule has 0 amide bonds. The Labute approximate surface area is 310 Å². The van der Waals surface area contributed by atoms with Crippen LogP contribution in [-0.2, 0) is 69.6 Å². The van der Waals surface area contributed by atoms with E-state index in [1.165, 1.54) is 6.07 Å². The quantitative estimate of drug-likeness (QED) is 0.0354. The van der Waals surface area contributed by atoms with Crippen molar-refractivity contribution in [3.63, 3.8) is 0 Å². The first-order valence-electron chi connectivity index (χ1n) is 16.8. The number of esters is 2. The summed E-state index contributed by atoms with van der Waals surface area (Å²) in [5.41, 5.74) is 3.33. The van der Waals surface area contributed by atoms with Crippen LogP contribution in [0.25, 0.3) is 12.2 Å². The Hall–Kier alpha value is -5.20. The Morgan fingerprint density at radius 1 is 0.926 bits per heavy atom. The van der Waals surface area contributed by atoms with Gasteiger partial charge in [0.15, 0.2) is 6.10 Å². The largest absolute Gasteiger partial charge is 0.472 e. The van der Waals surface area contributed by atoms with Crippen molar-refractivity contribution < 1.29 is 61.4 Å². The van der Waals surface area contributed by atoms with Gasteiger partial charge in [-0.1, -0.05) is 29.5 Å². The van der Waals surface area contributed by atoms with E-state index in [1.807, 2.05) is 43.5 Å². The fraction of sp³-hybridized carbons (Fsp3) is 0.441. The molecule has 20 heteroatoms. The zero-order valence-electron chi connectivity index (χ0n) is 29.7. The number of likely N-dealkylation sites (N-methyl/N-ethyl adjacent to an activating group) is 1. The third-order valence-electron chi connectivity index (χ3n) is 7.20.